The Bertz CT molecular complexity index is 762. The largest absolute Gasteiger partial charge is 0.218 e. The summed E-state index contributed by atoms with van der Waals surface area (Å²) in [4.78, 5) is 3.07. The summed E-state index contributed by atoms with van der Waals surface area (Å²) in [6.45, 7) is 0. The minimum Gasteiger partial charge on any atom is -0.211 e. The third-order valence-corrected chi connectivity index (χ3v) is 3.21. The third kappa shape index (κ3) is 2.52. The summed E-state index contributed by atoms with van der Waals surface area (Å²) in [7, 11) is 0. The molecule has 0 unspecified atom stereocenters. The van der Waals surface area contributed by atoms with E-state index in [0.29, 0.717) is 11.3 Å². The lowest BCUT2D eigenvalue weighted by Gasteiger charge is -2.06. The molecule has 0 aliphatic carbocycles. The van der Waals surface area contributed by atoms with Crippen molar-refractivity contribution in [3.63, 3.8) is 0 Å². The summed E-state index contributed by atoms with van der Waals surface area (Å²) in [5.41, 5.74) is 2.46. The molecule has 0 spiro atoms. The highest BCUT2D eigenvalue weighted by Gasteiger charge is 2.17. The minimum absolute atomic E-state index is 0.280. The fraction of sp³-hybridized carbons (Fsp3) is 0. The van der Waals surface area contributed by atoms with Crippen LogP contribution in [0.1, 0.15) is 0 Å². The van der Waals surface area contributed by atoms with E-state index < -0.39 is 17.5 Å². The Balaban J connectivity index is 2.21. The molecular weight excluding hydrogens is 275 g/mol. The van der Waals surface area contributed by atoms with Gasteiger partial charge in [0.05, 0.1) is 5.56 Å². The first-order valence-corrected chi connectivity index (χ1v) is 6.38. The molecule has 0 radical (unpaired) electrons. The van der Waals surface area contributed by atoms with Crippen LogP contribution in [-0.2, 0) is 0 Å². The zero-order valence-electron chi connectivity index (χ0n) is 10.9. The van der Waals surface area contributed by atoms with Gasteiger partial charge in [0.1, 0.15) is 0 Å². The van der Waals surface area contributed by atoms with Crippen LogP contribution in [0, 0.1) is 17.5 Å². The normalized spacial score (nSPS) is 10.6. The first kappa shape index (κ1) is 13.4. The second-order valence-corrected chi connectivity index (χ2v) is 4.58. The first-order chi connectivity index (χ1) is 10.2. The van der Waals surface area contributed by atoms with Crippen molar-refractivity contribution in [1.29, 1.82) is 0 Å². The van der Waals surface area contributed by atoms with Gasteiger partial charge in [0.15, 0.2) is 23.6 Å². The Hall–Kier alpha value is -2.62. The van der Waals surface area contributed by atoms with Crippen molar-refractivity contribution < 1.29 is 18.2 Å². The van der Waals surface area contributed by atoms with Crippen LogP contribution in [-0.4, -0.2) is 0 Å². The standard InChI is InChI=1S/C17H10F3N/c18-14-9-12(10-15(19)16(14)20)13-7-4-8-21-17(13)11-5-2-1-3-6-11/h1-10H/p+1. The molecule has 3 aromatic rings. The molecule has 3 rings (SSSR count). The number of hydrogen-bond acceptors (Lipinski definition) is 0. The quantitative estimate of drug-likeness (QED) is 0.625. The summed E-state index contributed by atoms with van der Waals surface area (Å²) >= 11 is 0. The van der Waals surface area contributed by atoms with E-state index >= 15 is 0 Å². The van der Waals surface area contributed by atoms with Crippen LogP contribution in [0.3, 0.4) is 0 Å². The molecule has 0 aliphatic heterocycles. The third-order valence-electron chi connectivity index (χ3n) is 3.21. The molecule has 1 N–H and O–H groups in total. The maximum Gasteiger partial charge on any atom is 0.218 e. The molecule has 0 amide bonds. The number of pyridine rings is 1. The monoisotopic (exact) mass is 286 g/mol. The summed E-state index contributed by atoms with van der Waals surface area (Å²) < 4.78 is 40.0. The maximum atomic E-state index is 13.4. The van der Waals surface area contributed by atoms with E-state index in [2.05, 4.69) is 4.98 Å². The number of aromatic amines is 1. The van der Waals surface area contributed by atoms with E-state index in [1.807, 2.05) is 30.3 Å². The molecule has 0 aliphatic rings. The SMILES string of the molecule is Fc1cc(-c2ccc[nH+]c2-c2ccccc2)cc(F)c1F. The summed E-state index contributed by atoms with van der Waals surface area (Å²) in [6, 6.07) is 14.8. The van der Waals surface area contributed by atoms with Crippen molar-refractivity contribution in [3.8, 4) is 22.4 Å². The summed E-state index contributed by atoms with van der Waals surface area (Å²) in [5.74, 6) is -3.86. The van der Waals surface area contributed by atoms with E-state index in [9.17, 15) is 13.2 Å². The van der Waals surface area contributed by atoms with Gasteiger partial charge in [-0.2, -0.15) is 0 Å². The fourth-order valence-electron chi connectivity index (χ4n) is 2.23. The van der Waals surface area contributed by atoms with Gasteiger partial charge in [0, 0.05) is 11.6 Å². The summed E-state index contributed by atoms with van der Waals surface area (Å²) in [5, 5.41) is 0. The fourth-order valence-corrected chi connectivity index (χ4v) is 2.23. The van der Waals surface area contributed by atoms with Crippen LogP contribution in [0.2, 0.25) is 0 Å². The number of H-pyrrole nitrogens is 1. The molecule has 21 heavy (non-hydrogen) atoms. The van der Waals surface area contributed by atoms with Gasteiger partial charge in [0.25, 0.3) is 0 Å². The minimum atomic E-state index is -1.46. The van der Waals surface area contributed by atoms with Crippen LogP contribution >= 0.6 is 0 Å². The zero-order valence-corrected chi connectivity index (χ0v) is 10.9. The lowest BCUT2D eigenvalue weighted by Crippen LogP contribution is -2.07. The van der Waals surface area contributed by atoms with Crippen LogP contribution < -0.4 is 4.98 Å². The number of hydrogen-bond donors (Lipinski definition) is 0. The molecular formula is C17H11F3N+. The van der Waals surface area contributed by atoms with Gasteiger partial charge in [-0.15, -0.1) is 0 Å². The number of benzene rings is 2. The van der Waals surface area contributed by atoms with Gasteiger partial charge in [0.2, 0.25) is 5.69 Å². The number of rotatable bonds is 2. The Labute approximate surface area is 119 Å². The maximum absolute atomic E-state index is 13.4. The van der Waals surface area contributed by atoms with Crippen LogP contribution in [0.15, 0.2) is 60.8 Å². The second-order valence-electron chi connectivity index (χ2n) is 4.58. The van der Waals surface area contributed by atoms with Gasteiger partial charge in [-0.1, -0.05) is 18.2 Å². The summed E-state index contributed by atoms with van der Waals surface area (Å²) in [6.07, 6.45) is 1.72. The van der Waals surface area contributed by atoms with Crippen molar-refractivity contribution >= 4 is 0 Å². The predicted molar refractivity (Wildman–Crippen MR) is 73.7 cm³/mol. The highest BCUT2D eigenvalue weighted by Crippen LogP contribution is 2.30. The van der Waals surface area contributed by atoms with Gasteiger partial charge >= 0.3 is 0 Å². The number of nitrogens with one attached hydrogen (secondary N) is 1. The molecule has 2 aromatic carbocycles. The predicted octanol–water partition coefficient (Wildman–Crippen LogP) is 4.25. The van der Waals surface area contributed by atoms with Crippen LogP contribution in [0.5, 0.6) is 0 Å². The van der Waals surface area contributed by atoms with Gasteiger partial charge in [-0.3, -0.25) is 0 Å². The van der Waals surface area contributed by atoms with Crippen molar-refractivity contribution in [1.82, 2.24) is 0 Å². The van der Waals surface area contributed by atoms with Crippen LogP contribution in [0.25, 0.3) is 22.4 Å². The molecule has 0 atom stereocenters. The molecule has 104 valence electrons. The Morgan fingerprint density at radius 2 is 1.38 bits per heavy atom. The number of halogens is 3. The second kappa shape index (κ2) is 5.40. The van der Waals surface area contributed by atoms with E-state index in [4.69, 9.17) is 0 Å². The Morgan fingerprint density at radius 1 is 0.714 bits per heavy atom. The van der Waals surface area contributed by atoms with Crippen LogP contribution in [0.4, 0.5) is 13.2 Å². The Morgan fingerprint density at radius 3 is 2.05 bits per heavy atom. The highest BCUT2D eigenvalue weighted by molar-refractivity contribution is 5.78. The van der Waals surface area contributed by atoms with E-state index in [1.54, 1.807) is 18.3 Å². The van der Waals surface area contributed by atoms with Gasteiger partial charge in [-0.05, 0) is 35.9 Å². The van der Waals surface area contributed by atoms with E-state index in [0.717, 1.165) is 17.7 Å². The molecule has 0 saturated carbocycles. The molecule has 0 saturated heterocycles. The average Bonchev–Trinajstić information content (AvgIpc) is 2.53. The first-order valence-electron chi connectivity index (χ1n) is 6.38. The van der Waals surface area contributed by atoms with Crippen molar-refractivity contribution in [2.75, 3.05) is 0 Å². The van der Waals surface area contributed by atoms with Gasteiger partial charge in [-0.25, -0.2) is 18.2 Å². The number of aromatic nitrogens is 1. The zero-order chi connectivity index (χ0) is 14.8. The van der Waals surface area contributed by atoms with Gasteiger partial charge < -0.3 is 0 Å². The van der Waals surface area contributed by atoms with Crippen molar-refractivity contribution in [2.45, 2.75) is 0 Å². The molecule has 1 nitrogen and oxygen atoms in total. The highest BCUT2D eigenvalue weighted by atomic mass is 19.2. The molecule has 0 bridgehead atoms. The molecule has 1 aromatic heterocycles. The lowest BCUT2D eigenvalue weighted by atomic mass is 9.99. The van der Waals surface area contributed by atoms with E-state index in [-0.39, 0.29) is 5.56 Å². The molecule has 4 heteroatoms. The smallest absolute Gasteiger partial charge is 0.211 e. The Kier molecular flexibility index (Phi) is 3.44. The van der Waals surface area contributed by atoms with Crippen molar-refractivity contribution in [3.05, 3.63) is 78.2 Å². The lowest BCUT2D eigenvalue weighted by molar-refractivity contribution is -0.364. The topological polar surface area (TPSA) is 14.1 Å². The van der Waals surface area contributed by atoms with E-state index in [1.165, 1.54) is 0 Å². The molecule has 0 fully saturated rings. The molecule has 1 heterocycles. The average molecular weight is 286 g/mol. The van der Waals surface area contributed by atoms with Crippen molar-refractivity contribution in [2.24, 2.45) is 0 Å².